The minimum atomic E-state index is -0.448. The van der Waals surface area contributed by atoms with Crippen LogP contribution in [0.25, 0.3) is 0 Å². The molecule has 3 nitrogen and oxygen atoms in total. The molecular weight excluding hydrogens is 259 g/mol. The van der Waals surface area contributed by atoms with Gasteiger partial charge in [-0.2, -0.15) is 0 Å². The fraction of sp³-hybridized carbons (Fsp3) is 0.188. The van der Waals surface area contributed by atoms with E-state index in [1.807, 2.05) is 13.0 Å². The SMILES string of the molecule is COc1cccc(COc2c(C)cccc2C=O)c1F. The third kappa shape index (κ3) is 2.79. The van der Waals surface area contributed by atoms with E-state index >= 15 is 0 Å². The van der Waals surface area contributed by atoms with E-state index in [1.165, 1.54) is 7.11 Å². The van der Waals surface area contributed by atoms with Gasteiger partial charge in [0.25, 0.3) is 0 Å². The number of para-hydroxylation sites is 1. The number of ether oxygens (including phenoxy) is 2. The predicted octanol–water partition coefficient (Wildman–Crippen LogP) is 3.53. The molecule has 0 fully saturated rings. The van der Waals surface area contributed by atoms with Gasteiger partial charge >= 0.3 is 0 Å². The van der Waals surface area contributed by atoms with Gasteiger partial charge in [0.15, 0.2) is 17.9 Å². The second-order valence-electron chi connectivity index (χ2n) is 4.33. The van der Waals surface area contributed by atoms with Gasteiger partial charge in [0.2, 0.25) is 0 Å². The van der Waals surface area contributed by atoms with Crippen molar-refractivity contribution >= 4 is 6.29 Å². The number of halogens is 1. The molecule has 0 heterocycles. The Kier molecular flexibility index (Phi) is 4.35. The van der Waals surface area contributed by atoms with Gasteiger partial charge < -0.3 is 9.47 Å². The number of carbonyl (C=O) groups excluding carboxylic acids is 1. The zero-order chi connectivity index (χ0) is 14.5. The summed E-state index contributed by atoms with van der Waals surface area (Å²) >= 11 is 0. The molecule has 2 rings (SSSR count). The first-order valence-corrected chi connectivity index (χ1v) is 6.16. The van der Waals surface area contributed by atoms with Crippen LogP contribution in [0.5, 0.6) is 11.5 Å². The lowest BCUT2D eigenvalue weighted by molar-refractivity contribution is 0.111. The first kappa shape index (κ1) is 14.1. The Morgan fingerprint density at radius 3 is 2.65 bits per heavy atom. The van der Waals surface area contributed by atoms with Crippen LogP contribution in [0, 0.1) is 12.7 Å². The third-order valence-corrected chi connectivity index (χ3v) is 3.00. The second kappa shape index (κ2) is 6.19. The van der Waals surface area contributed by atoms with Crippen molar-refractivity contribution in [3.8, 4) is 11.5 Å². The van der Waals surface area contributed by atoms with E-state index in [4.69, 9.17) is 9.47 Å². The number of methoxy groups -OCH3 is 1. The molecule has 0 bridgehead atoms. The third-order valence-electron chi connectivity index (χ3n) is 3.00. The maximum absolute atomic E-state index is 14.0. The number of hydrogen-bond acceptors (Lipinski definition) is 3. The van der Waals surface area contributed by atoms with Crippen LogP contribution in [0.2, 0.25) is 0 Å². The van der Waals surface area contributed by atoms with E-state index in [0.717, 1.165) is 11.8 Å². The van der Waals surface area contributed by atoms with Gasteiger partial charge in [-0.25, -0.2) is 4.39 Å². The van der Waals surface area contributed by atoms with Crippen molar-refractivity contribution in [3.05, 3.63) is 58.9 Å². The molecular formula is C16H15FO3. The monoisotopic (exact) mass is 274 g/mol. The minimum absolute atomic E-state index is 0.0364. The van der Waals surface area contributed by atoms with Gasteiger partial charge in [0.05, 0.1) is 12.7 Å². The van der Waals surface area contributed by atoms with Gasteiger partial charge in [0.1, 0.15) is 12.4 Å². The normalized spacial score (nSPS) is 10.2. The maximum Gasteiger partial charge on any atom is 0.171 e. The van der Waals surface area contributed by atoms with Crippen molar-refractivity contribution in [2.45, 2.75) is 13.5 Å². The van der Waals surface area contributed by atoms with E-state index in [0.29, 0.717) is 16.9 Å². The highest BCUT2D eigenvalue weighted by molar-refractivity contribution is 5.80. The molecule has 104 valence electrons. The molecule has 0 spiro atoms. The zero-order valence-electron chi connectivity index (χ0n) is 11.4. The number of carbonyl (C=O) groups is 1. The first-order chi connectivity index (χ1) is 9.67. The number of hydrogen-bond donors (Lipinski definition) is 0. The Morgan fingerprint density at radius 2 is 1.95 bits per heavy atom. The minimum Gasteiger partial charge on any atom is -0.494 e. The van der Waals surface area contributed by atoms with Crippen LogP contribution in [-0.4, -0.2) is 13.4 Å². The fourth-order valence-corrected chi connectivity index (χ4v) is 1.94. The lowest BCUT2D eigenvalue weighted by atomic mass is 10.1. The Bertz CT molecular complexity index is 623. The van der Waals surface area contributed by atoms with E-state index < -0.39 is 5.82 Å². The number of aryl methyl sites for hydroxylation is 1. The highest BCUT2D eigenvalue weighted by atomic mass is 19.1. The molecule has 0 atom stereocenters. The van der Waals surface area contributed by atoms with Crippen LogP contribution in [0.3, 0.4) is 0 Å². The Morgan fingerprint density at radius 1 is 1.20 bits per heavy atom. The Hall–Kier alpha value is -2.36. The summed E-state index contributed by atoms with van der Waals surface area (Å²) < 4.78 is 24.5. The largest absolute Gasteiger partial charge is 0.494 e. The molecule has 0 aromatic heterocycles. The predicted molar refractivity (Wildman–Crippen MR) is 73.9 cm³/mol. The molecule has 0 saturated carbocycles. The molecule has 4 heteroatoms. The second-order valence-corrected chi connectivity index (χ2v) is 4.33. The van der Waals surface area contributed by atoms with Crippen LogP contribution in [0.1, 0.15) is 21.5 Å². The van der Waals surface area contributed by atoms with Gasteiger partial charge in [-0.05, 0) is 24.6 Å². The summed E-state index contributed by atoms with van der Waals surface area (Å²) in [4.78, 5) is 11.0. The van der Waals surface area contributed by atoms with Crippen LogP contribution in [-0.2, 0) is 6.61 Å². The molecule has 0 aliphatic carbocycles. The maximum atomic E-state index is 14.0. The van der Waals surface area contributed by atoms with Crippen molar-refractivity contribution in [1.29, 1.82) is 0 Å². The van der Waals surface area contributed by atoms with Crippen molar-refractivity contribution in [2.24, 2.45) is 0 Å². The molecule has 0 N–H and O–H groups in total. The van der Waals surface area contributed by atoms with E-state index in [1.54, 1.807) is 30.3 Å². The van der Waals surface area contributed by atoms with Crippen LogP contribution < -0.4 is 9.47 Å². The molecule has 20 heavy (non-hydrogen) atoms. The fourth-order valence-electron chi connectivity index (χ4n) is 1.94. The standard InChI is InChI=1S/C16H15FO3/c1-11-5-3-6-12(9-18)16(11)20-10-13-7-4-8-14(19-2)15(13)17/h3-9H,10H2,1-2H3. The van der Waals surface area contributed by atoms with Gasteiger partial charge in [-0.15, -0.1) is 0 Å². The van der Waals surface area contributed by atoms with Crippen LogP contribution >= 0.6 is 0 Å². The molecule has 0 amide bonds. The summed E-state index contributed by atoms with van der Waals surface area (Å²) in [5.74, 6) is 0.201. The molecule has 2 aromatic carbocycles. The highest BCUT2D eigenvalue weighted by Gasteiger charge is 2.11. The summed E-state index contributed by atoms with van der Waals surface area (Å²) in [6.07, 6.45) is 0.726. The Balaban J connectivity index is 2.23. The molecule has 0 radical (unpaired) electrons. The zero-order valence-corrected chi connectivity index (χ0v) is 11.4. The van der Waals surface area contributed by atoms with Gasteiger partial charge in [0, 0.05) is 5.56 Å². The van der Waals surface area contributed by atoms with E-state index in [2.05, 4.69) is 0 Å². The smallest absolute Gasteiger partial charge is 0.171 e. The van der Waals surface area contributed by atoms with E-state index in [9.17, 15) is 9.18 Å². The Labute approximate surface area is 117 Å². The van der Waals surface area contributed by atoms with Crippen LogP contribution in [0.15, 0.2) is 36.4 Å². The summed E-state index contributed by atoms with van der Waals surface area (Å²) in [5, 5.41) is 0. The summed E-state index contributed by atoms with van der Waals surface area (Å²) in [6, 6.07) is 10.1. The van der Waals surface area contributed by atoms with Crippen molar-refractivity contribution in [1.82, 2.24) is 0 Å². The number of benzene rings is 2. The van der Waals surface area contributed by atoms with Crippen molar-refractivity contribution < 1.29 is 18.7 Å². The quantitative estimate of drug-likeness (QED) is 0.782. The topological polar surface area (TPSA) is 35.5 Å². The van der Waals surface area contributed by atoms with Crippen LogP contribution in [0.4, 0.5) is 4.39 Å². The van der Waals surface area contributed by atoms with Crippen molar-refractivity contribution in [2.75, 3.05) is 7.11 Å². The number of rotatable bonds is 5. The average molecular weight is 274 g/mol. The van der Waals surface area contributed by atoms with Crippen molar-refractivity contribution in [3.63, 3.8) is 0 Å². The summed E-state index contributed by atoms with van der Waals surface area (Å²) in [7, 11) is 1.41. The molecule has 0 aliphatic rings. The lowest BCUT2D eigenvalue weighted by Gasteiger charge is -2.12. The molecule has 0 aliphatic heterocycles. The lowest BCUT2D eigenvalue weighted by Crippen LogP contribution is -2.03. The molecule has 2 aromatic rings. The highest BCUT2D eigenvalue weighted by Crippen LogP contribution is 2.25. The molecule has 0 saturated heterocycles. The number of aldehydes is 1. The average Bonchev–Trinajstić information content (AvgIpc) is 2.47. The first-order valence-electron chi connectivity index (χ1n) is 6.16. The van der Waals surface area contributed by atoms with Gasteiger partial charge in [-0.3, -0.25) is 4.79 Å². The summed E-state index contributed by atoms with van der Waals surface area (Å²) in [5.41, 5.74) is 1.66. The van der Waals surface area contributed by atoms with Gasteiger partial charge in [-0.1, -0.05) is 24.3 Å². The molecule has 0 unspecified atom stereocenters. The van der Waals surface area contributed by atoms with E-state index in [-0.39, 0.29) is 12.4 Å². The summed E-state index contributed by atoms with van der Waals surface area (Å²) in [6.45, 7) is 1.87.